The largest absolute Gasteiger partial charge is 0.378 e. The highest BCUT2D eigenvalue weighted by Crippen LogP contribution is 2.57. The molecule has 0 N–H and O–H groups in total. The fourth-order valence-electron chi connectivity index (χ4n) is 4.59. The lowest BCUT2D eigenvalue weighted by Gasteiger charge is -2.26. The van der Waals surface area contributed by atoms with Crippen molar-refractivity contribution in [2.24, 2.45) is 5.92 Å². The Hall–Kier alpha value is -1.78. The molecule has 2 bridgehead atoms. The molecule has 0 saturated heterocycles. The molecule has 1 aromatic heterocycles. The number of hydrogen-bond donors (Lipinski definition) is 0. The van der Waals surface area contributed by atoms with Gasteiger partial charge in [-0.1, -0.05) is 24.3 Å². The van der Waals surface area contributed by atoms with E-state index in [9.17, 15) is 0 Å². The second-order valence-corrected chi connectivity index (χ2v) is 8.54. The molecule has 1 aromatic carbocycles. The lowest BCUT2D eigenvalue weighted by Crippen LogP contribution is -2.20. The minimum atomic E-state index is 0.244. The summed E-state index contributed by atoms with van der Waals surface area (Å²) >= 11 is 0. The summed E-state index contributed by atoms with van der Waals surface area (Å²) < 4.78 is 11.7. The molecule has 2 aliphatic rings. The third-order valence-electron chi connectivity index (χ3n) is 5.88. The third-order valence-corrected chi connectivity index (χ3v) is 5.88. The van der Waals surface area contributed by atoms with Gasteiger partial charge in [0, 0.05) is 5.56 Å². The molecule has 1 heterocycles. The molecule has 0 radical (unpaired) electrons. The molecule has 2 aliphatic carbocycles. The number of benzene rings is 1. The van der Waals surface area contributed by atoms with E-state index in [1.165, 1.54) is 29.5 Å². The summed E-state index contributed by atoms with van der Waals surface area (Å²) in [4.78, 5) is 0. The fraction of sp³-hybridized carbons (Fsp3) is 0.565. The van der Waals surface area contributed by atoms with E-state index in [0.29, 0.717) is 30.5 Å². The van der Waals surface area contributed by atoms with Gasteiger partial charge in [-0.05, 0) is 75.0 Å². The molecule has 4 heteroatoms. The predicted octanol–water partition coefficient (Wildman–Crippen LogP) is 5.08. The molecule has 4 nitrogen and oxygen atoms in total. The molecule has 0 amide bonds. The van der Waals surface area contributed by atoms with E-state index in [1.807, 2.05) is 6.20 Å². The number of hydrogen-bond acceptors (Lipinski definition) is 4. The minimum absolute atomic E-state index is 0.244. The third kappa shape index (κ3) is 3.78. The van der Waals surface area contributed by atoms with Crippen LogP contribution in [0.15, 0.2) is 30.5 Å². The quantitative estimate of drug-likeness (QED) is 0.685. The molecular weight excluding hydrogens is 336 g/mol. The molecule has 2 aromatic rings. The zero-order valence-electron chi connectivity index (χ0n) is 16.8. The first kappa shape index (κ1) is 18.6. The van der Waals surface area contributed by atoms with Gasteiger partial charge in [-0.25, -0.2) is 0 Å². The topological polar surface area (TPSA) is 44.2 Å². The van der Waals surface area contributed by atoms with Crippen LogP contribution >= 0.6 is 0 Å². The Morgan fingerprint density at radius 3 is 2.44 bits per heavy atom. The number of aromatic nitrogens is 2. The summed E-state index contributed by atoms with van der Waals surface area (Å²) in [7, 11) is 0. The summed E-state index contributed by atoms with van der Waals surface area (Å²) in [5.74, 6) is 1.78. The van der Waals surface area contributed by atoms with E-state index in [0.717, 1.165) is 17.9 Å². The van der Waals surface area contributed by atoms with E-state index in [4.69, 9.17) is 9.47 Å². The van der Waals surface area contributed by atoms with Crippen molar-refractivity contribution in [3.63, 3.8) is 0 Å². The van der Waals surface area contributed by atoms with Gasteiger partial charge >= 0.3 is 0 Å². The van der Waals surface area contributed by atoms with E-state index < -0.39 is 0 Å². The summed E-state index contributed by atoms with van der Waals surface area (Å²) in [6, 6.07) is 8.61. The molecule has 144 valence electrons. The van der Waals surface area contributed by atoms with Crippen molar-refractivity contribution < 1.29 is 9.47 Å². The lowest BCUT2D eigenvalue weighted by atomic mass is 9.83. The molecule has 4 rings (SSSR count). The maximum Gasteiger partial charge on any atom is 0.0967 e. The van der Waals surface area contributed by atoms with Crippen molar-refractivity contribution in [3.05, 3.63) is 47.2 Å². The highest BCUT2D eigenvalue weighted by Gasteiger charge is 2.45. The summed E-state index contributed by atoms with van der Waals surface area (Å²) in [6.45, 7) is 9.85. The van der Waals surface area contributed by atoms with Crippen molar-refractivity contribution in [3.8, 4) is 11.3 Å². The van der Waals surface area contributed by atoms with Gasteiger partial charge in [-0.3, -0.25) is 0 Å². The zero-order valence-corrected chi connectivity index (χ0v) is 16.8. The van der Waals surface area contributed by atoms with Gasteiger partial charge in [0.05, 0.1) is 37.3 Å². The standard InChI is InChI=1S/C23H30N2O2/c1-14(2)26-12-16-5-7-17(8-6-16)23-22-20-10-18(21(22)11-24-25-23)9-19(20)13-27-15(3)4/h5-8,11,14-15,18-20H,9-10,12-13H2,1-4H3. The monoisotopic (exact) mass is 366 g/mol. The smallest absolute Gasteiger partial charge is 0.0967 e. The van der Waals surface area contributed by atoms with E-state index in [2.05, 4.69) is 62.2 Å². The molecule has 0 aliphatic heterocycles. The number of fused-ring (bicyclic) bond motifs is 5. The first-order valence-electron chi connectivity index (χ1n) is 10.2. The molecular formula is C23H30N2O2. The first-order chi connectivity index (χ1) is 13.0. The van der Waals surface area contributed by atoms with Gasteiger partial charge in [0.25, 0.3) is 0 Å². The van der Waals surface area contributed by atoms with E-state index in [-0.39, 0.29) is 6.10 Å². The van der Waals surface area contributed by atoms with Gasteiger partial charge in [-0.2, -0.15) is 10.2 Å². The van der Waals surface area contributed by atoms with Crippen LogP contribution in [0.25, 0.3) is 11.3 Å². The molecule has 0 spiro atoms. The second kappa shape index (κ2) is 7.69. The SMILES string of the molecule is CC(C)OCc1ccc(-c2nncc3c2C2CC3CC2COC(C)C)cc1. The van der Waals surface area contributed by atoms with Crippen LogP contribution in [0.2, 0.25) is 0 Å². The highest BCUT2D eigenvalue weighted by atomic mass is 16.5. The average Bonchev–Trinajstić information content (AvgIpc) is 3.24. The second-order valence-electron chi connectivity index (χ2n) is 8.54. The van der Waals surface area contributed by atoms with Crippen molar-refractivity contribution in [1.82, 2.24) is 10.2 Å². The summed E-state index contributed by atoms with van der Waals surface area (Å²) in [6.07, 6.45) is 4.98. The normalized spacial score (nSPS) is 23.4. The zero-order chi connectivity index (χ0) is 19.0. The Bertz CT molecular complexity index is 785. The number of ether oxygens (including phenoxy) is 2. The van der Waals surface area contributed by atoms with Gasteiger partial charge in [0.15, 0.2) is 0 Å². The molecule has 27 heavy (non-hydrogen) atoms. The van der Waals surface area contributed by atoms with Gasteiger partial charge < -0.3 is 9.47 Å². The summed E-state index contributed by atoms with van der Waals surface area (Å²) in [5, 5.41) is 8.88. The Kier molecular flexibility index (Phi) is 5.29. The minimum Gasteiger partial charge on any atom is -0.378 e. The van der Waals surface area contributed by atoms with Crippen LogP contribution in [0.5, 0.6) is 0 Å². The lowest BCUT2D eigenvalue weighted by molar-refractivity contribution is 0.0474. The molecule has 1 saturated carbocycles. The van der Waals surface area contributed by atoms with E-state index >= 15 is 0 Å². The van der Waals surface area contributed by atoms with Crippen LogP contribution < -0.4 is 0 Å². The Morgan fingerprint density at radius 1 is 1.00 bits per heavy atom. The predicted molar refractivity (Wildman–Crippen MR) is 107 cm³/mol. The van der Waals surface area contributed by atoms with Gasteiger partial charge in [0.1, 0.15) is 0 Å². The first-order valence-corrected chi connectivity index (χ1v) is 10.2. The molecule has 1 fully saturated rings. The Labute approximate surface area is 162 Å². The van der Waals surface area contributed by atoms with Crippen molar-refractivity contribution >= 4 is 0 Å². The maximum absolute atomic E-state index is 5.95. The van der Waals surface area contributed by atoms with Crippen LogP contribution in [0.3, 0.4) is 0 Å². The van der Waals surface area contributed by atoms with Crippen LogP contribution in [-0.4, -0.2) is 29.0 Å². The van der Waals surface area contributed by atoms with E-state index in [1.54, 1.807) is 0 Å². The highest BCUT2D eigenvalue weighted by molar-refractivity contribution is 5.67. The van der Waals surface area contributed by atoms with Crippen LogP contribution in [0.1, 0.15) is 69.1 Å². The Balaban J connectivity index is 1.58. The van der Waals surface area contributed by atoms with Crippen molar-refractivity contribution in [1.29, 1.82) is 0 Å². The molecule has 3 unspecified atom stereocenters. The van der Waals surface area contributed by atoms with Gasteiger partial charge in [-0.15, -0.1) is 0 Å². The van der Waals surface area contributed by atoms with Crippen molar-refractivity contribution in [2.45, 2.75) is 71.2 Å². The Morgan fingerprint density at radius 2 is 1.74 bits per heavy atom. The maximum atomic E-state index is 5.95. The van der Waals surface area contributed by atoms with Crippen LogP contribution in [-0.2, 0) is 16.1 Å². The average molecular weight is 367 g/mol. The fourth-order valence-corrected chi connectivity index (χ4v) is 4.59. The number of rotatable bonds is 7. The molecule has 3 atom stereocenters. The number of nitrogens with zero attached hydrogens (tertiary/aromatic N) is 2. The van der Waals surface area contributed by atoms with Gasteiger partial charge in [0.2, 0.25) is 0 Å². The van der Waals surface area contributed by atoms with Crippen LogP contribution in [0, 0.1) is 5.92 Å². The summed E-state index contributed by atoms with van der Waals surface area (Å²) in [5.41, 5.74) is 6.25. The van der Waals surface area contributed by atoms with Crippen LogP contribution in [0.4, 0.5) is 0 Å². The van der Waals surface area contributed by atoms with Crippen molar-refractivity contribution in [2.75, 3.05) is 6.61 Å².